The van der Waals surface area contributed by atoms with E-state index < -0.39 is 6.10 Å². The first-order chi connectivity index (χ1) is 36.0. The first kappa shape index (κ1) is 69.8. The van der Waals surface area contributed by atoms with Gasteiger partial charge in [0.25, 0.3) is 0 Å². The minimum atomic E-state index is -0.783. The van der Waals surface area contributed by atoms with Crippen molar-refractivity contribution in [2.75, 3.05) is 13.2 Å². The second-order valence-electron chi connectivity index (χ2n) is 21.0. The quantitative estimate of drug-likeness (QED) is 0.0261. The van der Waals surface area contributed by atoms with Crippen molar-refractivity contribution < 1.29 is 28.6 Å². The number of carbonyl (C=O) groups is 3. The summed E-state index contributed by atoms with van der Waals surface area (Å²) in [5.74, 6) is -0.888. The summed E-state index contributed by atoms with van der Waals surface area (Å²) in [4.78, 5) is 38.2. The number of ether oxygens (including phenoxy) is 3. The van der Waals surface area contributed by atoms with Crippen LogP contribution in [0.15, 0.2) is 72.9 Å². The third kappa shape index (κ3) is 59.6. The normalized spacial score (nSPS) is 12.5. The lowest BCUT2D eigenvalue weighted by Crippen LogP contribution is -2.30. The van der Waals surface area contributed by atoms with Crippen LogP contribution in [0.3, 0.4) is 0 Å². The van der Waals surface area contributed by atoms with Crippen LogP contribution in [0.2, 0.25) is 0 Å². The third-order valence-electron chi connectivity index (χ3n) is 13.7. The molecule has 1 unspecified atom stereocenters. The van der Waals surface area contributed by atoms with Crippen LogP contribution in [0.1, 0.15) is 316 Å². The fourth-order valence-electron chi connectivity index (χ4n) is 8.93. The summed E-state index contributed by atoms with van der Waals surface area (Å²) in [6.45, 7) is 6.61. The highest BCUT2D eigenvalue weighted by Gasteiger charge is 2.19. The zero-order valence-corrected chi connectivity index (χ0v) is 48.4. The number of rotatable bonds is 57. The molecular formula is C67H118O6. The maximum absolute atomic E-state index is 12.9. The van der Waals surface area contributed by atoms with Gasteiger partial charge in [0.15, 0.2) is 6.10 Å². The minimum absolute atomic E-state index is 0.0800. The molecule has 0 aliphatic carbocycles. The van der Waals surface area contributed by atoms with Crippen LogP contribution >= 0.6 is 0 Å². The van der Waals surface area contributed by atoms with E-state index in [-0.39, 0.29) is 31.1 Å². The summed E-state index contributed by atoms with van der Waals surface area (Å²) in [5, 5.41) is 0. The lowest BCUT2D eigenvalue weighted by atomic mass is 10.1. The third-order valence-corrected chi connectivity index (χ3v) is 13.7. The van der Waals surface area contributed by atoms with Gasteiger partial charge in [-0.1, -0.05) is 273 Å². The number of hydrogen-bond donors (Lipinski definition) is 0. The van der Waals surface area contributed by atoms with Gasteiger partial charge in [0, 0.05) is 19.3 Å². The molecule has 0 amide bonds. The highest BCUT2D eigenvalue weighted by Crippen LogP contribution is 2.16. The van der Waals surface area contributed by atoms with Gasteiger partial charge in [-0.05, 0) is 96.3 Å². The van der Waals surface area contributed by atoms with Gasteiger partial charge >= 0.3 is 17.9 Å². The van der Waals surface area contributed by atoms with E-state index in [0.717, 1.165) is 96.3 Å². The van der Waals surface area contributed by atoms with Crippen molar-refractivity contribution in [2.24, 2.45) is 0 Å². The molecule has 0 saturated heterocycles. The molecule has 0 bridgehead atoms. The Labute approximate surface area is 453 Å². The first-order valence-corrected chi connectivity index (χ1v) is 31.4. The molecule has 73 heavy (non-hydrogen) atoms. The molecule has 6 nitrogen and oxygen atoms in total. The van der Waals surface area contributed by atoms with Crippen molar-refractivity contribution in [2.45, 2.75) is 322 Å². The zero-order valence-electron chi connectivity index (χ0n) is 48.4. The zero-order chi connectivity index (χ0) is 52.9. The standard InChI is InChI=1S/C67H118O6/c1-4-7-10-13-16-19-21-23-25-27-29-31-32-33-34-36-37-39-41-43-45-48-51-54-57-60-66(69)72-63-64(62-71-65(68)59-56-53-50-47-18-15-12-9-6-3)73-67(70)61-58-55-52-49-46-44-42-40-38-35-30-28-26-24-22-20-17-14-11-8-5-2/h21-24,27-30,32-33,38,40,64H,4-20,25-26,31,34-37,39,41-63H2,1-3H3/b23-21-,24-22-,29-27-,30-28-,33-32-,40-38-. The summed E-state index contributed by atoms with van der Waals surface area (Å²) in [6.07, 6.45) is 79.1. The molecule has 0 N–H and O–H groups in total. The monoisotopic (exact) mass is 1020 g/mol. The fourth-order valence-corrected chi connectivity index (χ4v) is 8.93. The van der Waals surface area contributed by atoms with Crippen molar-refractivity contribution in [3.05, 3.63) is 72.9 Å². The number of esters is 3. The van der Waals surface area contributed by atoms with Gasteiger partial charge in [-0.25, -0.2) is 0 Å². The van der Waals surface area contributed by atoms with E-state index in [0.29, 0.717) is 19.3 Å². The number of carbonyl (C=O) groups excluding carboxylic acids is 3. The van der Waals surface area contributed by atoms with Crippen LogP contribution in [0.5, 0.6) is 0 Å². The molecule has 0 spiro atoms. The summed E-state index contributed by atoms with van der Waals surface area (Å²) in [5.41, 5.74) is 0. The molecule has 1 atom stereocenters. The van der Waals surface area contributed by atoms with E-state index in [4.69, 9.17) is 14.2 Å². The van der Waals surface area contributed by atoms with E-state index >= 15 is 0 Å². The Balaban J connectivity index is 4.25. The van der Waals surface area contributed by atoms with Crippen molar-refractivity contribution in [3.8, 4) is 0 Å². The number of allylic oxidation sites excluding steroid dienone is 12. The first-order valence-electron chi connectivity index (χ1n) is 31.4. The Morgan fingerprint density at radius 2 is 0.493 bits per heavy atom. The number of unbranched alkanes of at least 4 members (excludes halogenated alkanes) is 34. The predicted molar refractivity (Wildman–Crippen MR) is 316 cm³/mol. The second-order valence-corrected chi connectivity index (χ2v) is 21.0. The van der Waals surface area contributed by atoms with Gasteiger partial charge in [0.2, 0.25) is 0 Å². The Kier molecular flexibility index (Phi) is 58.7. The van der Waals surface area contributed by atoms with Gasteiger partial charge < -0.3 is 14.2 Å². The Morgan fingerprint density at radius 3 is 0.767 bits per heavy atom. The minimum Gasteiger partial charge on any atom is -0.462 e. The second kappa shape index (κ2) is 61.4. The van der Waals surface area contributed by atoms with Crippen LogP contribution < -0.4 is 0 Å². The van der Waals surface area contributed by atoms with E-state index in [1.165, 1.54) is 180 Å². The van der Waals surface area contributed by atoms with Crippen LogP contribution in [0, 0.1) is 0 Å². The van der Waals surface area contributed by atoms with E-state index in [1.54, 1.807) is 0 Å². The van der Waals surface area contributed by atoms with Crippen LogP contribution in [-0.2, 0) is 28.6 Å². The molecular weight excluding hydrogens is 901 g/mol. The largest absolute Gasteiger partial charge is 0.462 e. The molecule has 6 heteroatoms. The highest BCUT2D eigenvalue weighted by atomic mass is 16.6. The van der Waals surface area contributed by atoms with Gasteiger partial charge in [-0.3, -0.25) is 14.4 Å². The maximum Gasteiger partial charge on any atom is 0.306 e. The molecule has 422 valence electrons. The molecule has 0 fully saturated rings. The molecule has 0 aromatic rings. The van der Waals surface area contributed by atoms with E-state index in [1.807, 2.05) is 0 Å². The average Bonchev–Trinajstić information content (AvgIpc) is 3.39. The summed E-state index contributed by atoms with van der Waals surface area (Å²) >= 11 is 0. The molecule has 0 aromatic heterocycles. The molecule has 0 aromatic carbocycles. The van der Waals surface area contributed by atoms with Crippen molar-refractivity contribution in [3.63, 3.8) is 0 Å². The van der Waals surface area contributed by atoms with Crippen molar-refractivity contribution in [1.29, 1.82) is 0 Å². The lowest BCUT2D eigenvalue weighted by Gasteiger charge is -2.18. The van der Waals surface area contributed by atoms with Crippen LogP contribution in [0.4, 0.5) is 0 Å². The molecule has 0 aliphatic heterocycles. The molecule has 0 saturated carbocycles. The lowest BCUT2D eigenvalue weighted by molar-refractivity contribution is -0.167. The fraction of sp³-hybridized carbons (Fsp3) is 0.776. The smallest absolute Gasteiger partial charge is 0.306 e. The SMILES string of the molecule is CCCCCCC/C=C\C/C=C\C/C=C\CCCCCCCCCCCCC(=O)OCC(COC(=O)CCCCCCCCCCC)OC(=O)CCCCCCCC/C=C\C/C=C\C/C=C\CCCCCCC. The maximum atomic E-state index is 12.9. The van der Waals surface area contributed by atoms with Crippen molar-refractivity contribution >= 4 is 17.9 Å². The molecule has 0 radical (unpaired) electrons. The average molecular weight is 1020 g/mol. The highest BCUT2D eigenvalue weighted by molar-refractivity contribution is 5.71. The number of hydrogen-bond acceptors (Lipinski definition) is 6. The van der Waals surface area contributed by atoms with E-state index in [9.17, 15) is 14.4 Å². The molecule has 0 heterocycles. The predicted octanol–water partition coefficient (Wildman–Crippen LogP) is 21.3. The summed E-state index contributed by atoms with van der Waals surface area (Å²) in [7, 11) is 0. The van der Waals surface area contributed by atoms with Gasteiger partial charge in [0.05, 0.1) is 0 Å². The van der Waals surface area contributed by atoms with Crippen LogP contribution in [-0.4, -0.2) is 37.2 Å². The topological polar surface area (TPSA) is 78.9 Å². The summed E-state index contributed by atoms with van der Waals surface area (Å²) in [6, 6.07) is 0. The Bertz CT molecular complexity index is 1360. The van der Waals surface area contributed by atoms with E-state index in [2.05, 4.69) is 93.7 Å². The van der Waals surface area contributed by atoms with Gasteiger partial charge in [0.1, 0.15) is 13.2 Å². The molecule has 0 aliphatic rings. The summed E-state index contributed by atoms with van der Waals surface area (Å²) < 4.78 is 16.9. The van der Waals surface area contributed by atoms with Gasteiger partial charge in [-0.15, -0.1) is 0 Å². The van der Waals surface area contributed by atoms with Crippen LogP contribution in [0.25, 0.3) is 0 Å². The van der Waals surface area contributed by atoms with Gasteiger partial charge in [-0.2, -0.15) is 0 Å². The Hall–Kier alpha value is -3.15. The molecule has 0 rings (SSSR count). The Morgan fingerprint density at radius 1 is 0.274 bits per heavy atom. The van der Waals surface area contributed by atoms with Crippen molar-refractivity contribution in [1.82, 2.24) is 0 Å².